The zero-order valence-electron chi connectivity index (χ0n) is 10.6. The van der Waals surface area contributed by atoms with Gasteiger partial charge in [0.1, 0.15) is 0 Å². The molecule has 4 nitrogen and oxygen atoms in total. The molecule has 0 bridgehead atoms. The lowest BCUT2D eigenvalue weighted by Crippen LogP contribution is -2.31. The molecular weight excluding hydrogens is 306 g/mol. The standard InChI is InChI=1S/C14H16BrN3O/c1-10-8-11(6-7-16-10)9-17-14(19)18-13-4-2-12(15)3-5-13/h2-8,10,16H,9H2,1H3,(H2,17,18,19). The summed E-state index contributed by atoms with van der Waals surface area (Å²) in [7, 11) is 0. The molecule has 5 heteroatoms. The number of dihydropyridines is 1. The highest BCUT2D eigenvalue weighted by atomic mass is 79.9. The number of nitrogens with one attached hydrogen (secondary N) is 3. The van der Waals surface area contributed by atoms with Gasteiger partial charge in [0.2, 0.25) is 0 Å². The molecule has 1 aliphatic heterocycles. The first-order chi connectivity index (χ1) is 9.13. The van der Waals surface area contributed by atoms with Gasteiger partial charge in [0.05, 0.1) is 0 Å². The Labute approximate surface area is 121 Å². The van der Waals surface area contributed by atoms with Gasteiger partial charge in [-0.05, 0) is 49.0 Å². The van der Waals surface area contributed by atoms with Crippen LogP contribution in [0, 0.1) is 0 Å². The smallest absolute Gasteiger partial charge is 0.319 e. The van der Waals surface area contributed by atoms with E-state index in [1.165, 1.54) is 0 Å². The van der Waals surface area contributed by atoms with E-state index in [0.717, 1.165) is 15.7 Å². The number of benzene rings is 1. The maximum absolute atomic E-state index is 11.7. The second kappa shape index (κ2) is 6.43. The van der Waals surface area contributed by atoms with Crippen molar-refractivity contribution in [2.24, 2.45) is 0 Å². The third kappa shape index (κ3) is 4.44. The van der Waals surface area contributed by atoms with Crippen LogP contribution in [0.25, 0.3) is 0 Å². The van der Waals surface area contributed by atoms with Crippen LogP contribution in [-0.4, -0.2) is 18.6 Å². The molecule has 3 N–H and O–H groups in total. The minimum atomic E-state index is -0.206. The van der Waals surface area contributed by atoms with Crippen molar-refractivity contribution >= 4 is 27.6 Å². The monoisotopic (exact) mass is 321 g/mol. The third-order valence-corrected chi connectivity index (χ3v) is 3.20. The van der Waals surface area contributed by atoms with Gasteiger partial charge in [0, 0.05) is 22.7 Å². The van der Waals surface area contributed by atoms with Gasteiger partial charge in [-0.15, -0.1) is 0 Å². The quantitative estimate of drug-likeness (QED) is 0.801. The summed E-state index contributed by atoms with van der Waals surface area (Å²) in [5.41, 5.74) is 1.86. The maximum atomic E-state index is 11.7. The number of amides is 2. The Kier molecular flexibility index (Phi) is 4.63. The van der Waals surface area contributed by atoms with Gasteiger partial charge < -0.3 is 16.0 Å². The van der Waals surface area contributed by atoms with Crippen LogP contribution in [0.15, 0.2) is 52.7 Å². The van der Waals surface area contributed by atoms with E-state index in [4.69, 9.17) is 0 Å². The van der Waals surface area contributed by atoms with E-state index in [-0.39, 0.29) is 6.03 Å². The van der Waals surface area contributed by atoms with E-state index >= 15 is 0 Å². The Bertz CT molecular complexity index is 508. The molecule has 2 amide bonds. The van der Waals surface area contributed by atoms with Crippen molar-refractivity contribution < 1.29 is 4.79 Å². The molecular formula is C14H16BrN3O. The lowest BCUT2D eigenvalue weighted by molar-refractivity contribution is 0.253. The lowest BCUT2D eigenvalue weighted by Gasteiger charge is -2.15. The fourth-order valence-corrected chi connectivity index (χ4v) is 2.00. The molecule has 1 aromatic carbocycles. The van der Waals surface area contributed by atoms with E-state index in [9.17, 15) is 4.79 Å². The minimum Gasteiger partial charge on any atom is -0.385 e. The Morgan fingerprint density at radius 3 is 2.79 bits per heavy atom. The number of anilines is 1. The molecule has 0 aromatic heterocycles. The number of hydrogen-bond donors (Lipinski definition) is 3. The molecule has 0 saturated heterocycles. The molecule has 1 aromatic rings. The molecule has 0 aliphatic carbocycles. The van der Waals surface area contributed by atoms with Gasteiger partial charge in [-0.25, -0.2) is 4.79 Å². The summed E-state index contributed by atoms with van der Waals surface area (Å²) in [5.74, 6) is 0. The summed E-state index contributed by atoms with van der Waals surface area (Å²) in [5, 5.41) is 8.76. The Hall–Kier alpha value is -1.75. The van der Waals surface area contributed by atoms with Gasteiger partial charge in [-0.3, -0.25) is 0 Å². The van der Waals surface area contributed by atoms with Crippen molar-refractivity contribution in [3.05, 3.63) is 52.7 Å². The highest BCUT2D eigenvalue weighted by Gasteiger charge is 2.05. The van der Waals surface area contributed by atoms with Crippen LogP contribution < -0.4 is 16.0 Å². The first-order valence-electron chi connectivity index (χ1n) is 6.07. The highest BCUT2D eigenvalue weighted by Crippen LogP contribution is 2.13. The van der Waals surface area contributed by atoms with Gasteiger partial charge in [-0.1, -0.05) is 22.0 Å². The van der Waals surface area contributed by atoms with Crippen LogP contribution >= 0.6 is 15.9 Å². The highest BCUT2D eigenvalue weighted by molar-refractivity contribution is 9.10. The molecule has 1 unspecified atom stereocenters. The van der Waals surface area contributed by atoms with Gasteiger partial charge in [0.25, 0.3) is 0 Å². The first-order valence-corrected chi connectivity index (χ1v) is 6.86. The van der Waals surface area contributed by atoms with E-state index in [1.54, 1.807) is 0 Å². The Balaban J connectivity index is 1.82. The summed E-state index contributed by atoms with van der Waals surface area (Å²) in [6, 6.07) is 7.55. The summed E-state index contributed by atoms with van der Waals surface area (Å²) in [6.45, 7) is 2.58. The minimum absolute atomic E-state index is 0.206. The number of rotatable bonds is 3. The predicted molar refractivity (Wildman–Crippen MR) is 81.0 cm³/mol. The van der Waals surface area contributed by atoms with Crippen LogP contribution in [0.2, 0.25) is 0 Å². The maximum Gasteiger partial charge on any atom is 0.319 e. The van der Waals surface area contributed by atoms with Crippen LogP contribution in [0.3, 0.4) is 0 Å². The molecule has 0 fully saturated rings. The van der Waals surface area contributed by atoms with Crippen molar-refractivity contribution in [2.45, 2.75) is 13.0 Å². The zero-order valence-corrected chi connectivity index (χ0v) is 12.2. The molecule has 1 heterocycles. The number of halogens is 1. The number of hydrogen-bond acceptors (Lipinski definition) is 2. The molecule has 0 spiro atoms. The van der Waals surface area contributed by atoms with Gasteiger partial charge in [-0.2, -0.15) is 0 Å². The number of urea groups is 1. The summed E-state index contributed by atoms with van der Waals surface area (Å²) >= 11 is 3.35. The second-order valence-electron chi connectivity index (χ2n) is 4.34. The van der Waals surface area contributed by atoms with Crippen molar-refractivity contribution in [3.63, 3.8) is 0 Å². The van der Waals surface area contributed by atoms with E-state index in [0.29, 0.717) is 12.6 Å². The predicted octanol–water partition coefficient (Wildman–Crippen LogP) is 3.00. The van der Waals surface area contributed by atoms with Crippen LogP contribution in [-0.2, 0) is 0 Å². The molecule has 1 aliphatic rings. The summed E-state index contributed by atoms with van der Waals surface area (Å²) < 4.78 is 0.984. The molecule has 0 saturated carbocycles. The van der Waals surface area contributed by atoms with Crippen molar-refractivity contribution in [1.82, 2.24) is 10.6 Å². The zero-order chi connectivity index (χ0) is 13.7. The Morgan fingerprint density at radius 2 is 2.11 bits per heavy atom. The topological polar surface area (TPSA) is 53.2 Å². The number of carbonyl (C=O) groups is 1. The molecule has 1 atom stereocenters. The molecule has 19 heavy (non-hydrogen) atoms. The van der Waals surface area contributed by atoms with Crippen molar-refractivity contribution in [1.29, 1.82) is 0 Å². The normalized spacial score (nSPS) is 17.4. The van der Waals surface area contributed by atoms with E-state index in [1.807, 2.05) is 36.5 Å². The van der Waals surface area contributed by atoms with Crippen LogP contribution in [0.5, 0.6) is 0 Å². The fourth-order valence-electron chi connectivity index (χ4n) is 1.74. The fraction of sp³-hybridized carbons (Fsp3) is 0.214. The molecule has 100 valence electrons. The second-order valence-corrected chi connectivity index (χ2v) is 5.26. The van der Waals surface area contributed by atoms with Crippen molar-refractivity contribution in [2.75, 3.05) is 11.9 Å². The van der Waals surface area contributed by atoms with Crippen LogP contribution in [0.4, 0.5) is 10.5 Å². The average Bonchev–Trinajstić information content (AvgIpc) is 2.39. The summed E-state index contributed by atoms with van der Waals surface area (Å²) in [4.78, 5) is 11.7. The first kappa shape index (κ1) is 13.7. The third-order valence-electron chi connectivity index (χ3n) is 2.68. The lowest BCUT2D eigenvalue weighted by atomic mass is 10.1. The van der Waals surface area contributed by atoms with Crippen molar-refractivity contribution in [3.8, 4) is 0 Å². The van der Waals surface area contributed by atoms with E-state index in [2.05, 4.69) is 44.9 Å². The average molecular weight is 322 g/mol. The SMILES string of the molecule is CC1C=C(CNC(=O)Nc2ccc(Br)cc2)C=CN1. The van der Waals surface area contributed by atoms with Gasteiger partial charge in [0.15, 0.2) is 0 Å². The van der Waals surface area contributed by atoms with Gasteiger partial charge >= 0.3 is 6.03 Å². The Morgan fingerprint density at radius 1 is 1.37 bits per heavy atom. The molecule has 0 radical (unpaired) electrons. The molecule has 2 rings (SSSR count). The van der Waals surface area contributed by atoms with E-state index < -0.39 is 0 Å². The van der Waals surface area contributed by atoms with Crippen LogP contribution in [0.1, 0.15) is 6.92 Å². The summed E-state index contributed by atoms with van der Waals surface area (Å²) in [6.07, 6.45) is 5.94. The number of carbonyl (C=O) groups excluding carboxylic acids is 1. The largest absolute Gasteiger partial charge is 0.385 e.